The molecule has 0 fully saturated rings. The number of nitrogens with one attached hydrogen (secondary N) is 1. The van der Waals surface area contributed by atoms with Gasteiger partial charge in [0, 0.05) is 21.8 Å². The van der Waals surface area contributed by atoms with Crippen LogP contribution in [0.1, 0.15) is 39.3 Å². The Kier molecular flexibility index (Phi) is 5.50. The van der Waals surface area contributed by atoms with Crippen molar-refractivity contribution in [2.24, 2.45) is 4.99 Å². The molecule has 0 amide bonds. The first-order valence-corrected chi connectivity index (χ1v) is 9.07. The van der Waals surface area contributed by atoms with Crippen molar-refractivity contribution in [1.82, 2.24) is 4.98 Å². The summed E-state index contributed by atoms with van der Waals surface area (Å²) in [6.07, 6.45) is 0. The van der Waals surface area contributed by atoms with Gasteiger partial charge in [0.25, 0.3) is 5.56 Å². The van der Waals surface area contributed by atoms with Crippen LogP contribution in [-0.4, -0.2) is 26.6 Å². The zero-order valence-corrected chi connectivity index (χ0v) is 15.9. The van der Waals surface area contributed by atoms with E-state index in [1.54, 1.807) is 25.1 Å². The summed E-state index contributed by atoms with van der Waals surface area (Å²) in [7, 11) is 0.305. The van der Waals surface area contributed by atoms with E-state index in [1.165, 1.54) is 12.7 Å². The van der Waals surface area contributed by atoms with Crippen molar-refractivity contribution in [1.29, 1.82) is 0 Å². The molecule has 0 saturated carbocycles. The molecule has 1 aromatic carbocycles. The second-order valence-corrected chi connectivity index (χ2v) is 8.91. The Labute approximate surface area is 148 Å². The van der Waals surface area contributed by atoms with Gasteiger partial charge < -0.3 is 9.72 Å². The second-order valence-electron chi connectivity index (χ2n) is 6.47. The lowest BCUT2D eigenvalue weighted by molar-refractivity contribution is 0.415. The molecule has 0 aliphatic rings. The van der Waals surface area contributed by atoms with Crippen molar-refractivity contribution in [3.8, 4) is 5.75 Å². The molecule has 2 aromatic rings. The number of hydrogen-bond acceptors (Lipinski definition) is 4. The minimum Gasteiger partial charge on any atom is -0.495 e. The highest BCUT2D eigenvalue weighted by atomic mass is 35.5. The van der Waals surface area contributed by atoms with E-state index in [0.717, 1.165) is 5.39 Å². The third kappa shape index (κ3) is 4.05. The maximum Gasteiger partial charge on any atom is 0.253 e. The van der Waals surface area contributed by atoms with E-state index in [9.17, 15) is 9.00 Å². The summed E-state index contributed by atoms with van der Waals surface area (Å²) < 4.78 is 16.8. The van der Waals surface area contributed by atoms with Gasteiger partial charge in [-0.05, 0) is 39.8 Å². The first-order chi connectivity index (χ1) is 11.1. The molecule has 0 saturated heterocycles. The van der Waals surface area contributed by atoms with Gasteiger partial charge in [0.1, 0.15) is 5.75 Å². The van der Waals surface area contributed by atoms with Crippen molar-refractivity contribution < 1.29 is 8.95 Å². The van der Waals surface area contributed by atoms with Gasteiger partial charge in [0.15, 0.2) is 0 Å². The van der Waals surface area contributed by atoms with Gasteiger partial charge in [-0.25, -0.2) is 0 Å². The number of H-pyrrole nitrogens is 1. The Balaban J connectivity index is 2.42. The molecule has 5 nitrogen and oxygen atoms in total. The Morgan fingerprint density at radius 2 is 2.00 bits per heavy atom. The molecule has 0 aliphatic heterocycles. The normalized spacial score (nSPS) is 14.9. The topological polar surface area (TPSA) is 71.5 Å². The summed E-state index contributed by atoms with van der Waals surface area (Å²) in [6.45, 7) is 7.41. The fourth-order valence-corrected chi connectivity index (χ4v) is 2.93. The van der Waals surface area contributed by atoms with Crippen LogP contribution in [0.2, 0.25) is 5.02 Å². The summed E-state index contributed by atoms with van der Waals surface area (Å²) in [6, 6.07) is 4.76. The number of halogens is 1. The number of methoxy groups -OCH3 is 1. The predicted molar refractivity (Wildman–Crippen MR) is 101 cm³/mol. The highest BCUT2D eigenvalue weighted by Gasteiger charge is 2.18. The summed E-state index contributed by atoms with van der Waals surface area (Å²) >= 11 is 6.14. The number of hydrogen-bond donors (Lipinski definition) is 1. The summed E-state index contributed by atoms with van der Waals surface area (Å²) in [5, 5.41) is 1.25. The van der Waals surface area contributed by atoms with Gasteiger partial charge in [0.2, 0.25) is 0 Å². The lowest BCUT2D eigenvalue weighted by Gasteiger charge is -2.14. The standard InChI is InChI=1S/C17H21ClN2O3S/c1-10(19-9-24(22)17(2,3)4)12-6-11-7-13(18)15(23-5)8-14(11)20-16(12)21/h6-10H,1-5H3,(H,20,21). The molecule has 0 aliphatic carbocycles. The van der Waals surface area contributed by atoms with E-state index in [2.05, 4.69) is 9.98 Å². The molecule has 1 heterocycles. The van der Waals surface area contributed by atoms with Crippen molar-refractivity contribution in [2.75, 3.05) is 7.11 Å². The number of aromatic nitrogens is 1. The van der Waals surface area contributed by atoms with Gasteiger partial charge in [0.05, 0.1) is 40.0 Å². The van der Waals surface area contributed by atoms with Gasteiger partial charge in [-0.1, -0.05) is 11.6 Å². The molecule has 2 unspecified atom stereocenters. The lowest BCUT2D eigenvalue weighted by Crippen LogP contribution is -2.22. The summed E-state index contributed by atoms with van der Waals surface area (Å²) in [5.74, 6) is 0.499. The third-order valence-corrected chi connectivity index (χ3v) is 5.39. The first kappa shape index (κ1) is 18.7. The molecule has 0 bridgehead atoms. The first-order valence-electron chi connectivity index (χ1n) is 7.48. The minimum absolute atomic E-state index is 0.238. The van der Waals surface area contributed by atoms with Gasteiger partial charge in [-0.15, -0.1) is 0 Å². The Morgan fingerprint density at radius 1 is 1.33 bits per heavy atom. The zero-order valence-electron chi connectivity index (χ0n) is 14.3. The van der Waals surface area contributed by atoms with E-state index in [-0.39, 0.29) is 10.3 Å². The molecule has 2 atom stereocenters. The molecule has 0 spiro atoms. The highest BCUT2D eigenvalue weighted by molar-refractivity contribution is 7.99. The SMILES string of the molecule is COc1cc2[nH]c(=O)c(C(C)N=CS(=O)C(C)(C)C)cc2cc1Cl. The van der Waals surface area contributed by atoms with Crippen LogP contribution in [0.4, 0.5) is 0 Å². The number of fused-ring (bicyclic) bond motifs is 1. The van der Waals surface area contributed by atoms with Crippen molar-refractivity contribution in [2.45, 2.75) is 38.5 Å². The Hall–Kier alpha value is -1.66. The molecular weight excluding hydrogens is 348 g/mol. The average Bonchev–Trinajstić information content (AvgIpc) is 2.50. The maximum atomic E-state index is 12.3. The maximum absolute atomic E-state index is 12.3. The van der Waals surface area contributed by atoms with Crippen LogP contribution in [0.15, 0.2) is 28.0 Å². The molecule has 1 aromatic heterocycles. The molecule has 1 N–H and O–H groups in total. The molecule has 0 radical (unpaired) electrons. The number of benzene rings is 1. The summed E-state index contributed by atoms with van der Waals surface area (Å²) in [4.78, 5) is 19.4. The van der Waals surface area contributed by atoms with Crippen LogP contribution in [0, 0.1) is 0 Å². The zero-order chi connectivity index (χ0) is 18.1. The average molecular weight is 369 g/mol. The number of aliphatic imine (C=N–C) groups is 1. The van der Waals surface area contributed by atoms with Crippen LogP contribution < -0.4 is 10.3 Å². The van der Waals surface area contributed by atoms with Crippen LogP contribution in [0.25, 0.3) is 10.9 Å². The van der Waals surface area contributed by atoms with E-state index < -0.39 is 16.8 Å². The van der Waals surface area contributed by atoms with Gasteiger partial charge >= 0.3 is 0 Å². The van der Waals surface area contributed by atoms with E-state index >= 15 is 0 Å². The van der Waals surface area contributed by atoms with Crippen molar-refractivity contribution >= 4 is 38.9 Å². The fraction of sp³-hybridized carbons (Fsp3) is 0.412. The molecule has 130 valence electrons. The van der Waals surface area contributed by atoms with Crippen molar-refractivity contribution in [3.05, 3.63) is 39.1 Å². The molecule has 2 rings (SSSR count). The van der Waals surface area contributed by atoms with Gasteiger partial charge in [-0.2, -0.15) is 0 Å². The largest absolute Gasteiger partial charge is 0.495 e. The van der Waals surface area contributed by atoms with Crippen LogP contribution in [0.3, 0.4) is 0 Å². The smallest absolute Gasteiger partial charge is 0.253 e. The number of aromatic amines is 1. The Bertz CT molecular complexity index is 868. The number of nitrogens with zero attached hydrogens (tertiary/aromatic N) is 1. The number of rotatable bonds is 4. The molecular formula is C17H21ClN2O3S. The van der Waals surface area contributed by atoms with E-state index in [4.69, 9.17) is 16.3 Å². The van der Waals surface area contributed by atoms with Crippen LogP contribution in [0.5, 0.6) is 5.75 Å². The molecule has 24 heavy (non-hydrogen) atoms. The minimum atomic E-state index is -1.21. The highest BCUT2D eigenvalue weighted by Crippen LogP contribution is 2.29. The lowest BCUT2D eigenvalue weighted by atomic mass is 10.1. The second kappa shape index (κ2) is 7.07. The third-order valence-electron chi connectivity index (χ3n) is 3.58. The van der Waals surface area contributed by atoms with Gasteiger partial charge in [-0.3, -0.25) is 14.0 Å². The Morgan fingerprint density at radius 3 is 2.58 bits per heavy atom. The monoisotopic (exact) mass is 368 g/mol. The number of pyridine rings is 1. The quantitative estimate of drug-likeness (QED) is 0.658. The van der Waals surface area contributed by atoms with E-state index in [0.29, 0.717) is 21.9 Å². The number of ether oxygens (including phenoxy) is 1. The van der Waals surface area contributed by atoms with Crippen LogP contribution >= 0.6 is 11.6 Å². The fourth-order valence-electron chi connectivity index (χ4n) is 2.08. The predicted octanol–water partition coefficient (Wildman–Crippen LogP) is 3.83. The van der Waals surface area contributed by atoms with Crippen LogP contribution in [-0.2, 0) is 10.8 Å². The summed E-state index contributed by atoms with van der Waals surface area (Å²) in [5.41, 5.74) is 2.30. The van der Waals surface area contributed by atoms with Crippen molar-refractivity contribution in [3.63, 3.8) is 0 Å². The van der Waals surface area contributed by atoms with E-state index in [1.807, 2.05) is 20.8 Å². The molecule has 7 heteroatoms.